The van der Waals surface area contributed by atoms with Crippen molar-refractivity contribution in [3.8, 4) is 12.1 Å². The molecule has 0 radical (unpaired) electrons. The van der Waals surface area contributed by atoms with Gasteiger partial charge < -0.3 is 10.6 Å². The highest BCUT2D eigenvalue weighted by Crippen LogP contribution is 2.44. The van der Waals surface area contributed by atoms with Crippen molar-refractivity contribution in [3.05, 3.63) is 85.7 Å². The monoisotopic (exact) mass is 681 g/mol. The average Bonchev–Trinajstić information content (AvgIpc) is 3.67. The Bertz CT molecular complexity index is 2070. The fourth-order valence-electron chi connectivity index (χ4n) is 6.18. The summed E-state index contributed by atoms with van der Waals surface area (Å²) in [5, 5.41) is 59.7. The second-order valence-electron chi connectivity index (χ2n) is 13.5. The maximum atomic E-state index is 9.96. The Morgan fingerprint density at radius 1 is 0.588 bits per heavy atom. The van der Waals surface area contributed by atoms with Gasteiger partial charge in [-0.2, -0.15) is 20.7 Å². The number of hydrogen-bond donors (Lipinski definition) is 4. The number of nitrogens with one attached hydrogen (secondary N) is 4. The number of nitrogens with zero attached hydrogens (tertiary/aromatic N) is 9. The third-order valence-electron chi connectivity index (χ3n) is 8.64. The van der Waals surface area contributed by atoms with Crippen molar-refractivity contribution in [2.45, 2.75) is 88.0 Å². The van der Waals surface area contributed by atoms with Gasteiger partial charge in [0.15, 0.2) is 11.6 Å². The molecular formula is C38H43N13. The number of pyridine rings is 1. The van der Waals surface area contributed by atoms with Gasteiger partial charge in [-0.25, -0.2) is 4.98 Å². The van der Waals surface area contributed by atoms with Crippen LogP contribution < -0.4 is 10.6 Å². The molecule has 0 bridgehead atoms. The summed E-state index contributed by atoms with van der Waals surface area (Å²) in [5.41, 5.74) is 11.5. The van der Waals surface area contributed by atoms with Crippen molar-refractivity contribution in [2.75, 3.05) is 10.6 Å². The van der Waals surface area contributed by atoms with Gasteiger partial charge in [-0.3, -0.25) is 10.2 Å². The maximum Gasteiger partial charge on any atom is 0.213 e. The molecule has 0 aliphatic carbocycles. The van der Waals surface area contributed by atoms with Gasteiger partial charge >= 0.3 is 0 Å². The molecule has 51 heavy (non-hydrogen) atoms. The molecule has 260 valence electrons. The lowest BCUT2D eigenvalue weighted by atomic mass is 10.0. The molecule has 5 rings (SSSR count). The third kappa shape index (κ3) is 7.38. The number of nitriles is 2. The van der Waals surface area contributed by atoms with Crippen molar-refractivity contribution in [3.63, 3.8) is 0 Å². The number of H-pyrrole nitrogens is 2. The van der Waals surface area contributed by atoms with Crippen molar-refractivity contribution in [1.82, 2.24) is 25.4 Å². The Morgan fingerprint density at radius 3 is 1.25 bits per heavy atom. The summed E-state index contributed by atoms with van der Waals surface area (Å²) in [6.07, 6.45) is 0. The first-order chi connectivity index (χ1) is 24.2. The van der Waals surface area contributed by atoms with E-state index in [9.17, 15) is 10.5 Å². The standard InChI is InChI=1S/C38H43N13/c1-18(2)29-27(16-39)35(48-44-29)50-46-33-26(11)34(47-51-36-28(17-40)30(19(3)4)45-49-36)38(42-32-24(9)14-21(6)15-25(32)10)43-37(33)41-31-22(7)12-20(5)13-23(31)8/h12-15,18-19H,1-11H3,(H,44,48)(H,45,49)(H2,41,42,43). The van der Waals surface area contributed by atoms with Crippen LogP contribution in [0.5, 0.6) is 0 Å². The lowest BCUT2D eigenvalue weighted by Gasteiger charge is -2.20. The summed E-state index contributed by atoms with van der Waals surface area (Å²) < 4.78 is 0. The topological polar surface area (TPSA) is 191 Å². The van der Waals surface area contributed by atoms with Crippen LogP contribution in [0.2, 0.25) is 0 Å². The zero-order valence-corrected chi connectivity index (χ0v) is 31.0. The minimum atomic E-state index is 0.0341. The molecule has 4 N–H and O–H groups in total. The Kier molecular flexibility index (Phi) is 10.4. The third-order valence-corrected chi connectivity index (χ3v) is 8.64. The van der Waals surface area contributed by atoms with E-state index in [0.29, 0.717) is 51.1 Å². The van der Waals surface area contributed by atoms with Gasteiger partial charge in [0.2, 0.25) is 11.6 Å². The van der Waals surface area contributed by atoms with Crippen LogP contribution in [0.15, 0.2) is 44.7 Å². The van der Waals surface area contributed by atoms with E-state index in [4.69, 9.17) is 4.98 Å². The van der Waals surface area contributed by atoms with Crippen LogP contribution in [0.4, 0.5) is 46.0 Å². The molecule has 0 fully saturated rings. The van der Waals surface area contributed by atoms with Crippen LogP contribution in [0, 0.1) is 71.1 Å². The molecule has 0 aliphatic rings. The molecule has 0 spiro atoms. The maximum absolute atomic E-state index is 9.96. The molecule has 0 aliphatic heterocycles. The highest BCUT2D eigenvalue weighted by Gasteiger charge is 2.23. The first kappa shape index (κ1) is 36.1. The SMILES string of the molecule is Cc1cc(C)c(Nc2nc(Nc3c(C)cc(C)cc3C)c(N=Nc3n[nH]c(C(C)C)c3C#N)c(C)c2N=Nc2n[nH]c(C(C)C)c2C#N)c(C)c1. The fraction of sp³-hybridized carbons (Fsp3) is 0.342. The van der Waals surface area contributed by atoms with E-state index in [1.54, 1.807) is 0 Å². The van der Waals surface area contributed by atoms with Gasteiger partial charge in [-0.15, -0.1) is 20.5 Å². The normalized spacial score (nSPS) is 11.6. The summed E-state index contributed by atoms with van der Waals surface area (Å²) in [5.74, 6) is 1.23. The van der Waals surface area contributed by atoms with Gasteiger partial charge in [0.25, 0.3) is 0 Å². The van der Waals surface area contributed by atoms with E-state index in [2.05, 4.69) is 102 Å². The fourth-order valence-corrected chi connectivity index (χ4v) is 6.18. The molecule has 3 heterocycles. The zero-order chi connectivity index (χ0) is 37.1. The molecule has 13 nitrogen and oxygen atoms in total. The molecule has 5 aromatic rings. The lowest BCUT2D eigenvalue weighted by Crippen LogP contribution is -2.05. The molecule has 0 unspecified atom stereocenters. The van der Waals surface area contributed by atoms with Crippen LogP contribution in [0.3, 0.4) is 0 Å². The largest absolute Gasteiger partial charge is 0.338 e. The lowest BCUT2D eigenvalue weighted by molar-refractivity contribution is 0.808. The van der Waals surface area contributed by atoms with Crippen molar-refractivity contribution >= 4 is 46.0 Å². The first-order valence-electron chi connectivity index (χ1n) is 16.8. The number of aryl methyl sites for hydroxylation is 6. The predicted molar refractivity (Wildman–Crippen MR) is 200 cm³/mol. The summed E-state index contributed by atoms with van der Waals surface area (Å²) in [6, 6.07) is 12.8. The number of rotatable bonds is 10. The number of aromatic amines is 2. The predicted octanol–water partition coefficient (Wildman–Crippen LogP) is 11.0. The Balaban J connectivity index is 1.78. The zero-order valence-electron chi connectivity index (χ0n) is 31.0. The molecule has 2 aromatic carbocycles. The number of benzene rings is 2. The Labute approximate surface area is 298 Å². The van der Waals surface area contributed by atoms with E-state index in [-0.39, 0.29) is 23.5 Å². The summed E-state index contributed by atoms with van der Waals surface area (Å²) in [7, 11) is 0. The molecule has 0 saturated carbocycles. The number of hydrogen-bond acceptors (Lipinski definition) is 11. The molecule has 13 heteroatoms. The van der Waals surface area contributed by atoms with Gasteiger partial charge in [0, 0.05) is 16.9 Å². The Hall–Kier alpha value is -6.21. The van der Waals surface area contributed by atoms with E-state index in [0.717, 1.165) is 44.8 Å². The van der Waals surface area contributed by atoms with E-state index in [1.807, 2.05) is 62.3 Å². The minimum Gasteiger partial charge on any atom is -0.338 e. The molecule has 0 atom stereocenters. The van der Waals surface area contributed by atoms with Crippen molar-refractivity contribution in [2.24, 2.45) is 20.5 Å². The Morgan fingerprint density at radius 2 is 0.941 bits per heavy atom. The van der Waals surface area contributed by atoms with Crippen LogP contribution >= 0.6 is 0 Å². The smallest absolute Gasteiger partial charge is 0.213 e. The van der Waals surface area contributed by atoms with Gasteiger partial charge in [-0.1, -0.05) is 63.1 Å². The quantitative estimate of drug-likeness (QED) is 0.105. The van der Waals surface area contributed by atoms with Gasteiger partial charge in [0.05, 0.1) is 11.4 Å². The van der Waals surface area contributed by atoms with Crippen LogP contribution in [0.1, 0.15) is 101 Å². The number of azo groups is 2. The highest BCUT2D eigenvalue weighted by molar-refractivity contribution is 5.85. The van der Waals surface area contributed by atoms with E-state index in [1.165, 1.54) is 0 Å². The molecule has 0 saturated heterocycles. The second kappa shape index (κ2) is 14.7. The van der Waals surface area contributed by atoms with Crippen molar-refractivity contribution in [1.29, 1.82) is 10.5 Å². The number of aromatic nitrogens is 5. The van der Waals surface area contributed by atoms with Crippen LogP contribution in [-0.2, 0) is 0 Å². The van der Waals surface area contributed by atoms with Crippen LogP contribution in [0.25, 0.3) is 0 Å². The average molecular weight is 682 g/mol. The minimum absolute atomic E-state index is 0.0341. The second-order valence-corrected chi connectivity index (χ2v) is 13.5. The summed E-state index contributed by atoms with van der Waals surface area (Å²) in [4.78, 5) is 5.09. The van der Waals surface area contributed by atoms with E-state index < -0.39 is 0 Å². The van der Waals surface area contributed by atoms with Gasteiger partial charge in [0.1, 0.15) is 34.6 Å². The summed E-state index contributed by atoms with van der Waals surface area (Å²) in [6.45, 7) is 22.0. The van der Waals surface area contributed by atoms with Gasteiger partial charge in [-0.05, 0) is 82.6 Å². The first-order valence-corrected chi connectivity index (χ1v) is 16.8. The van der Waals surface area contributed by atoms with Crippen LogP contribution in [-0.4, -0.2) is 25.4 Å². The number of anilines is 4. The molecular weight excluding hydrogens is 639 g/mol. The molecule has 3 aromatic heterocycles. The molecule has 0 amide bonds. The van der Waals surface area contributed by atoms with E-state index >= 15 is 0 Å². The van der Waals surface area contributed by atoms with Crippen molar-refractivity contribution < 1.29 is 0 Å². The summed E-state index contributed by atoms with van der Waals surface area (Å²) >= 11 is 0. The highest BCUT2D eigenvalue weighted by atomic mass is 15.3.